The van der Waals surface area contributed by atoms with Crippen molar-refractivity contribution in [2.75, 3.05) is 52.9 Å². The second kappa shape index (κ2) is 14.9. The van der Waals surface area contributed by atoms with Gasteiger partial charge in [-0.2, -0.15) is 0 Å². The molecule has 0 radical (unpaired) electrons. The second-order valence-electron chi connectivity index (χ2n) is 22.4. The Morgan fingerprint density at radius 3 is 1.74 bits per heavy atom. The Kier molecular flexibility index (Phi) is 10.4. The quantitative estimate of drug-likeness (QED) is 0.211. The zero-order valence-electron chi connectivity index (χ0n) is 37.3. The minimum atomic E-state index is -0.950. The number of hydrogen-bond acceptors (Lipinski definition) is 11. The van der Waals surface area contributed by atoms with E-state index in [-0.39, 0.29) is 42.0 Å². The fourth-order valence-electron chi connectivity index (χ4n) is 17.0. The van der Waals surface area contributed by atoms with E-state index in [0.717, 1.165) is 110 Å². The Morgan fingerprint density at radius 1 is 0.565 bits per heavy atom. The minimum absolute atomic E-state index is 0. The minimum Gasteiger partial charge on any atom is -0.384 e. The summed E-state index contributed by atoms with van der Waals surface area (Å²) >= 11 is 0. The highest BCUT2D eigenvalue weighted by atomic mass is 16.8. The smallest absolute Gasteiger partial charge is 0.195 e. The summed E-state index contributed by atoms with van der Waals surface area (Å²) in [5.74, 6) is 1.23. The van der Waals surface area contributed by atoms with Gasteiger partial charge in [0.25, 0.3) is 0 Å². The topological polar surface area (TPSA) is 127 Å². The summed E-state index contributed by atoms with van der Waals surface area (Å²) in [6.45, 7) is 13.7. The molecule has 2 N–H and O–H groups in total. The van der Waals surface area contributed by atoms with Crippen molar-refractivity contribution in [3.63, 3.8) is 0 Å². The van der Waals surface area contributed by atoms with E-state index in [4.69, 9.17) is 42.6 Å². The number of aliphatic hydroxyl groups is 2. The van der Waals surface area contributed by atoms with Crippen LogP contribution in [0.1, 0.15) is 138 Å². The molecule has 5 heterocycles. The summed E-state index contributed by atoms with van der Waals surface area (Å²) in [6.07, 6.45) is 21.7. The van der Waals surface area contributed by atoms with Crippen LogP contribution >= 0.6 is 0 Å². The van der Waals surface area contributed by atoms with Gasteiger partial charge < -0.3 is 52.8 Å². The Bertz CT molecular complexity index is 1850. The van der Waals surface area contributed by atoms with Crippen LogP contribution in [0.3, 0.4) is 0 Å². The highest BCUT2D eigenvalue weighted by Crippen LogP contribution is 2.74. The lowest BCUT2D eigenvalue weighted by Crippen LogP contribution is -2.62. The Morgan fingerprint density at radius 2 is 1.13 bits per heavy atom. The largest absolute Gasteiger partial charge is 0.384 e. The lowest BCUT2D eigenvalue weighted by atomic mass is 9.52. The fraction of sp³-hybridized carbons (Fsp3) is 0.882. The summed E-state index contributed by atoms with van der Waals surface area (Å²) < 4.78 is 54.1. The molecule has 13 rings (SSSR count). The van der Waals surface area contributed by atoms with E-state index >= 15 is 0 Å². The Balaban J connectivity index is 0.000000137. The van der Waals surface area contributed by atoms with Crippen molar-refractivity contribution in [2.24, 2.45) is 46.3 Å². The van der Waals surface area contributed by atoms with Crippen molar-refractivity contribution >= 4 is 0 Å². The van der Waals surface area contributed by atoms with Gasteiger partial charge in [0.1, 0.15) is 22.4 Å². The zero-order valence-corrected chi connectivity index (χ0v) is 37.3. The molecule has 0 aromatic carbocycles. The lowest BCUT2D eigenvalue weighted by Gasteiger charge is -2.54. The summed E-state index contributed by atoms with van der Waals surface area (Å²) in [7, 11) is 0. The first-order valence-corrected chi connectivity index (χ1v) is 24.6. The molecule has 9 fully saturated rings. The van der Waals surface area contributed by atoms with Crippen molar-refractivity contribution in [2.45, 2.75) is 184 Å². The molecule has 5 aliphatic heterocycles. The maximum atomic E-state index is 12.0. The van der Waals surface area contributed by atoms with Gasteiger partial charge in [-0.25, -0.2) is 0 Å². The third kappa shape index (κ3) is 5.75. The number of rotatable bonds is 4. The van der Waals surface area contributed by atoms with Crippen LogP contribution < -0.4 is 0 Å². The third-order valence-corrected chi connectivity index (χ3v) is 20.3. The van der Waals surface area contributed by atoms with Gasteiger partial charge >= 0.3 is 0 Å². The zero-order chi connectivity index (χ0) is 41.7. The molecular weight excluding hydrogens is 789 g/mol. The van der Waals surface area contributed by atoms with Gasteiger partial charge in [0.15, 0.2) is 24.2 Å². The molecule has 7 unspecified atom stereocenters. The molecule has 5 saturated heterocycles. The SMILES string of the molecule is C.CC1([C@@]2(O)CCC3C4CCC56CC(C7OCCO7)CC[C@@]5(O6)C4=CC[C@@]32C)OCCO1.CC1([C@@]2(O)CCC3C4CCC5=C(CCC(C6OCCO6)C5)C4=CC[C@@]32C)OCCO1. The molecule has 0 amide bonds. The first-order valence-electron chi connectivity index (χ1n) is 24.6. The third-order valence-electron chi connectivity index (χ3n) is 20.3. The van der Waals surface area contributed by atoms with Crippen molar-refractivity contribution in [1.82, 2.24) is 0 Å². The molecule has 13 aliphatic rings. The van der Waals surface area contributed by atoms with Crippen molar-refractivity contribution in [3.8, 4) is 0 Å². The lowest BCUT2D eigenvalue weighted by molar-refractivity contribution is -0.293. The molecule has 8 aliphatic carbocycles. The average molecular weight is 865 g/mol. The van der Waals surface area contributed by atoms with Crippen LogP contribution in [0.15, 0.2) is 34.4 Å². The van der Waals surface area contributed by atoms with Crippen LogP contribution in [-0.4, -0.2) is 110 Å². The summed E-state index contributed by atoms with van der Waals surface area (Å²) in [5, 5.41) is 24.0. The molecule has 346 valence electrons. The van der Waals surface area contributed by atoms with Crippen LogP contribution in [0.25, 0.3) is 0 Å². The predicted octanol–water partition coefficient (Wildman–Crippen LogP) is 8.06. The molecule has 0 aromatic rings. The number of hydrogen-bond donors (Lipinski definition) is 2. The second-order valence-corrected chi connectivity index (χ2v) is 22.4. The Hall–Kier alpha value is -1.22. The highest BCUT2D eigenvalue weighted by Gasteiger charge is 2.79. The summed E-state index contributed by atoms with van der Waals surface area (Å²) in [5.41, 5.74) is 4.09. The monoisotopic (exact) mass is 865 g/mol. The molecule has 12 atom stereocenters. The normalized spacial score (nSPS) is 49.8. The van der Waals surface area contributed by atoms with E-state index in [1.165, 1.54) is 19.3 Å². The van der Waals surface area contributed by atoms with E-state index < -0.39 is 22.8 Å². The van der Waals surface area contributed by atoms with Gasteiger partial charge in [-0.3, -0.25) is 0 Å². The standard InChI is InChI=1S/C25H36O6.C25H36O5.CH4/c1-21-7-5-19-17(18(21)6-10-25(21,26)22(2)29-13-14-30-22)4-8-23-15-16(20-27-11-12-28-20)3-9-24(19,23)31-23;1-23-9-7-19-18-5-4-17(22-27-11-12-28-22)15-16(18)3-6-20(19)21(23)8-10-25(23,26)24(2)29-13-14-30-24;/h5,16-18,20,26H,3-4,6-15H2,1-2H3;7,17,20-22,26H,3-6,8-15H2,1-2H3;1H4/t16?,17?,18?,21-,23?,24+,25+;17?,20?,21?,23-,25+;/m00./s1. The van der Waals surface area contributed by atoms with Gasteiger partial charge in [-0.15, -0.1) is 0 Å². The van der Waals surface area contributed by atoms with E-state index in [9.17, 15) is 10.2 Å². The molecule has 11 heteroatoms. The number of epoxide rings is 1. The van der Waals surface area contributed by atoms with Crippen LogP contribution in [0.4, 0.5) is 0 Å². The van der Waals surface area contributed by atoms with Crippen molar-refractivity contribution in [1.29, 1.82) is 0 Å². The van der Waals surface area contributed by atoms with Crippen molar-refractivity contribution < 1.29 is 52.8 Å². The molecule has 0 spiro atoms. The Labute approximate surface area is 369 Å². The maximum Gasteiger partial charge on any atom is 0.195 e. The molecule has 0 bridgehead atoms. The van der Waals surface area contributed by atoms with Gasteiger partial charge in [0.05, 0.1) is 52.9 Å². The van der Waals surface area contributed by atoms with E-state index in [0.29, 0.717) is 61.9 Å². The van der Waals surface area contributed by atoms with Gasteiger partial charge in [0, 0.05) is 22.7 Å². The van der Waals surface area contributed by atoms with Crippen LogP contribution in [0.5, 0.6) is 0 Å². The summed E-state index contributed by atoms with van der Waals surface area (Å²) in [6, 6.07) is 0. The average Bonchev–Trinajstić information content (AvgIpc) is 4.06. The summed E-state index contributed by atoms with van der Waals surface area (Å²) in [4.78, 5) is 0. The van der Waals surface area contributed by atoms with Gasteiger partial charge in [-0.1, -0.05) is 39.0 Å². The molecule has 0 aromatic heterocycles. The molecule has 4 saturated carbocycles. The highest BCUT2D eigenvalue weighted by molar-refractivity contribution is 5.45. The maximum absolute atomic E-state index is 12.0. The van der Waals surface area contributed by atoms with Crippen molar-refractivity contribution in [3.05, 3.63) is 34.4 Å². The van der Waals surface area contributed by atoms with Gasteiger partial charge in [-0.05, 0) is 157 Å². The molecule has 62 heavy (non-hydrogen) atoms. The van der Waals surface area contributed by atoms with Crippen LogP contribution in [0, 0.1) is 46.3 Å². The predicted molar refractivity (Wildman–Crippen MR) is 229 cm³/mol. The number of ether oxygens (including phenoxy) is 9. The van der Waals surface area contributed by atoms with Crippen LogP contribution in [0.2, 0.25) is 0 Å². The van der Waals surface area contributed by atoms with E-state index in [1.807, 2.05) is 13.8 Å². The van der Waals surface area contributed by atoms with E-state index in [1.54, 1.807) is 22.3 Å². The van der Waals surface area contributed by atoms with E-state index in [2.05, 4.69) is 26.0 Å². The van der Waals surface area contributed by atoms with Crippen LogP contribution in [-0.2, 0) is 42.6 Å². The number of allylic oxidation sites excluding steroid dienone is 5. The first-order chi connectivity index (χ1) is 29.3. The first kappa shape index (κ1) is 43.4. The molecule has 11 nitrogen and oxygen atoms in total. The fourth-order valence-corrected chi connectivity index (χ4v) is 17.0. The van der Waals surface area contributed by atoms with Gasteiger partial charge in [0.2, 0.25) is 0 Å². The molecular formula is C51H76O11. The number of fused-ring (bicyclic) bond motifs is 7.